The first kappa shape index (κ1) is 18.5. The van der Waals surface area contributed by atoms with Crippen molar-refractivity contribution >= 4 is 29.4 Å². The van der Waals surface area contributed by atoms with E-state index in [0.717, 1.165) is 5.56 Å². The Kier molecular flexibility index (Phi) is 6.54. The zero-order chi connectivity index (χ0) is 18.2. The number of esters is 1. The summed E-state index contributed by atoms with van der Waals surface area (Å²) in [6.45, 7) is 0.0730. The maximum Gasteiger partial charge on any atom is 0.308 e. The van der Waals surface area contributed by atoms with Gasteiger partial charge in [0, 0.05) is 0 Å². The quantitative estimate of drug-likeness (QED) is 0.738. The van der Waals surface area contributed by atoms with Gasteiger partial charge in [0.2, 0.25) is 5.91 Å². The Morgan fingerprint density at radius 3 is 2.32 bits per heavy atom. The fourth-order valence-electron chi connectivity index (χ4n) is 2.07. The van der Waals surface area contributed by atoms with Crippen molar-refractivity contribution < 1.29 is 19.1 Å². The molecule has 0 unspecified atom stereocenters. The SMILES string of the molecule is NC(=O)[C@H](CC(=O)OCc1ccccc1)NC(=O)c1ccccc1Cl. The van der Waals surface area contributed by atoms with Crippen molar-refractivity contribution in [3.05, 3.63) is 70.7 Å². The molecule has 25 heavy (non-hydrogen) atoms. The molecular formula is C18H17ClN2O4. The second-order valence-electron chi connectivity index (χ2n) is 5.26. The minimum absolute atomic E-state index is 0.0730. The van der Waals surface area contributed by atoms with E-state index in [0.29, 0.717) is 0 Å². The molecule has 6 nitrogen and oxygen atoms in total. The van der Waals surface area contributed by atoms with Crippen LogP contribution in [0.4, 0.5) is 0 Å². The molecule has 2 aromatic carbocycles. The van der Waals surface area contributed by atoms with E-state index in [9.17, 15) is 14.4 Å². The van der Waals surface area contributed by atoms with E-state index in [-0.39, 0.29) is 23.6 Å². The van der Waals surface area contributed by atoms with Gasteiger partial charge in [-0.3, -0.25) is 14.4 Å². The summed E-state index contributed by atoms with van der Waals surface area (Å²) >= 11 is 5.94. The predicted molar refractivity (Wildman–Crippen MR) is 92.8 cm³/mol. The summed E-state index contributed by atoms with van der Waals surface area (Å²) < 4.78 is 5.10. The molecule has 0 spiro atoms. The third-order valence-electron chi connectivity index (χ3n) is 3.38. The number of primary amides is 1. The van der Waals surface area contributed by atoms with Crippen molar-refractivity contribution in [2.75, 3.05) is 0 Å². The summed E-state index contributed by atoms with van der Waals surface area (Å²) in [5.41, 5.74) is 6.26. The van der Waals surface area contributed by atoms with Crippen LogP contribution in [0.15, 0.2) is 54.6 Å². The van der Waals surface area contributed by atoms with E-state index >= 15 is 0 Å². The largest absolute Gasteiger partial charge is 0.461 e. The number of amides is 2. The maximum atomic E-state index is 12.2. The zero-order valence-corrected chi connectivity index (χ0v) is 14.0. The number of benzene rings is 2. The summed E-state index contributed by atoms with van der Waals surface area (Å²) in [7, 11) is 0. The zero-order valence-electron chi connectivity index (χ0n) is 13.3. The first-order valence-corrected chi connectivity index (χ1v) is 7.89. The number of nitrogens with one attached hydrogen (secondary N) is 1. The van der Waals surface area contributed by atoms with Crippen molar-refractivity contribution in [2.45, 2.75) is 19.1 Å². The van der Waals surface area contributed by atoms with Crippen molar-refractivity contribution in [3.8, 4) is 0 Å². The Morgan fingerprint density at radius 1 is 1.04 bits per heavy atom. The number of carbonyl (C=O) groups is 3. The van der Waals surface area contributed by atoms with Crippen LogP contribution in [0, 0.1) is 0 Å². The number of rotatable bonds is 7. The maximum absolute atomic E-state index is 12.2. The van der Waals surface area contributed by atoms with E-state index in [1.54, 1.807) is 30.3 Å². The van der Waals surface area contributed by atoms with Gasteiger partial charge in [-0.15, -0.1) is 0 Å². The van der Waals surface area contributed by atoms with Crippen LogP contribution in [0.5, 0.6) is 0 Å². The number of halogens is 1. The first-order valence-electron chi connectivity index (χ1n) is 7.51. The van der Waals surface area contributed by atoms with Crippen molar-refractivity contribution in [3.63, 3.8) is 0 Å². The summed E-state index contributed by atoms with van der Waals surface area (Å²) in [4.78, 5) is 35.6. The lowest BCUT2D eigenvalue weighted by Gasteiger charge is -2.15. The molecule has 7 heteroatoms. The van der Waals surface area contributed by atoms with Gasteiger partial charge in [0.25, 0.3) is 5.91 Å². The Morgan fingerprint density at radius 2 is 1.68 bits per heavy atom. The van der Waals surface area contributed by atoms with E-state index in [2.05, 4.69) is 5.32 Å². The number of carbonyl (C=O) groups excluding carboxylic acids is 3. The van der Waals surface area contributed by atoms with Crippen LogP contribution in [0.25, 0.3) is 0 Å². The molecule has 0 aromatic heterocycles. The summed E-state index contributed by atoms with van der Waals surface area (Å²) in [5.74, 6) is -2.07. The minimum Gasteiger partial charge on any atom is -0.461 e. The van der Waals surface area contributed by atoms with Crippen LogP contribution in [-0.4, -0.2) is 23.8 Å². The highest BCUT2D eigenvalue weighted by atomic mass is 35.5. The Balaban J connectivity index is 1.94. The second-order valence-corrected chi connectivity index (χ2v) is 5.67. The minimum atomic E-state index is -1.19. The molecule has 0 heterocycles. The van der Waals surface area contributed by atoms with Gasteiger partial charge in [0.15, 0.2) is 0 Å². The summed E-state index contributed by atoms with van der Waals surface area (Å²) in [6.07, 6.45) is -0.363. The van der Waals surface area contributed by atoms with E-state index in [4.69, 9.17) is 22.1 Å². The molecule has 1 atom stereocenters. The van der Waals surface area contributed by atoms with Crippen LogP contribution in [0.3, 0.4) is 0 Å². The standard InChI is InChI=1S/C18H17ClN2O4/c19-14-9-5-4-8-13(14)18(24)21-15(17(20)23)10-16(22)25-11-12-6-2-1-3-7-12/h1-9,15H,10-11H2,(H2,20,23)(H,21,24)/t15-/m0/s1. The van der Waals surface area contributed by atoms with Gasteiger partial charge >= 0.3 is 5.97 Å². The number of nitrogens with two attached hydrogens (primary N) is 1. The third kappa shape index (κ3) is 5.61. The molecule has 0 saturated heterocycles. The Hall–Kier alpha value is -2.86. The van der Waals surface area contributed by atoms with Crippen molar-refractivity contribution in [2.24, 2.45) is 5.73 Å². The van der Waals surface area contributed by atoms with Gasteiger partial charge in [0.1, 0.15) is 12.6 Å². The molecule has 0 radical (unpaired) electrons. The monoisotopic (exact) mass is 360 g/mol. The molecule has 2 rings (SSSR count). The van der Waals surface area contributed by atoms with Crippen LogP contribution in [0.1, 0.15) is 22.3 Å². The fraction of sp³-hybridized carbons (Fsp3) is 0.167. The van der Waals surface area contributed by atoms with Gasteiger partial charge in [-0.05, 0) is 17.7 Å². The topological polar surface area (TPSA) is 98.5 Å². The molecule has 0 aliphatic rings. The molecule has 2 amide bonds. The van der Waals surface area contributed by atoms with E-state index in [1.807, 2.05) is 18.2 Å². The average Bonchev–Trinajstić information content (AvgIpc) is 2.60. The Labute approximate surface area is 149 Å². The van der Waals surface area contributed by atoms with Crippen LogP contribution in [0.2, 0.25) is 5.02 Å². The molecule has 130 valence electrons. The van der Waals surface area contributed by atoms with Crippen molar-refractivity contribution in [1.29, 1.82) is 0 Å². The molecule has 0 aliphatic heterocycles. The molecule has 0 fully saturated rings. The molecule has 0 aliphatic carbocycles. The van der Waals surface area contributed by atoms with Gasteiger partial charge in [-0.25, -0.2) is 0 Å². The van der Waals surface area contributed by atoms with Gasteiger partial charge in [0.05, 0.1) is 17.0 Å². The van der Waals surface area contributed by atoms with Gasteiger partial charge in [-0.1, -0.05) is 54.1 Å². The van der Waals surface area contributed by atoms with Crippen molar-refractivity contribution in [1.82, 2.24) is 5.32 Å². The second kappa shape index (κ2) is 8.84. The molecule has 2 aromatic rings. The Bertz CT molecular complexity index is 765. The van der Waals surface area contributed by atoms with E-state index < -0.39 is 23.8 Å². The highest BCUT2D eigenvalue weighted by Gasteiger charge is 2.23. The normalized spacial score (nSPS) is 11.4. The summed E-state index contributed by atoms with van der Waals surface area (Å²) in [6, 6.07) is 14.3. The number of ether oxygens (including phenoxy) is 1. The lowest BCUT2D eigenvalue weighted by atomic mass is 10.1. The summed E-state index contributed by atoms with van der Waals surface area (Å²) in [5, 5.41) is 2.64. The highest BCUT2D eigenvalue weighted by Crippen LogP contribution is 2.15. The van der Waals surface area contributed by atoms with Crippen LogP contribution in [-0.2, 0) is 20.9 Å². The molecule has 3 N–H and O–H groups in total. The number of hydrogen-bond acceptors (Lipinski definition) is 4. The third-order valence-corrected chi connectivity index (χ3v) is 3.71. The van der Waals surface area contributed by atoms with Gasteiger partial charge in [-0.2, -0.15) is 0 Å². The predicted octanol–water partition coefficient (Wildman–Crippen LogP) is 2.06. The van der Waals surface area contributed by atoms with Crippen LogP contribution < -0.4 is 11.1 Å². The highest BCUT2D eigenvalue weighted by molar-refractivity contribution is 6.33. The average molecular weight is 361 g/mol. The molecule has 0 bridgehead atoms. The smallest absolute Gasteiger partial charge is 0.308 e. The van der Waals surface area contributed by atoms with E-state index in [1.165, 1.54) is 6.07 Å². The van der Waals surface area contributed by atoms with Gasteiger partial charge < -0.3 is 15.8 Å². The molecular weight excluding hydrogens is 344 g/mol. The number of hydrogen-bond donors (Lipinski definition) is 2. The molecule has 0 saturated carbocycles. The van der Waals surface area contributed by atoms with Crippen LogP contribution >= 0.6 is 11.6 Å². The lowest BCUT2D eigenvalue weighted by molar-refractivity contribution is -0.146. The fourth-order valence-corrected chi connectivity index (χ4v) is 2.29. The lowest BCUT2D eigenvalue weighted by Crippen LogP contribution is -2.46. The first-order chi connectivity index (χ1) is 12.0.